The molecule has 0 bridgehead atoms. The number of rotatable bonds is 3. The summed E-state index contributed by atoms with van der Waals surface area (Å²) in [6.07, 6.45) is 0. The van der Waals surface area contributed by atoms with Crippen LogP contribution in [0.25, 0.3) is 0 Å². The molecule has 2 aromatic rings. The van der Waals surface area contributed by atoms with Crippen LogP contribution in [0.3, 0.4) is 0 Å². The van der Waals surface area contributed by atoms with Gasteiger partial charge in [-0.25, -0.2) is 0 Å². The van der Waals surface area contributed by atoms with Crippen molar-refractivity contribution in [2.24, 2.45) is 0 Å². The number of amides is 2. The van der Waals surface area contributed by atoms with Gasteiger partial charge < -0.3 is 10.2 Å². The molecule has 1 heterocycles. The van der Waals surface area contributed by atoms with E-state index in [-0.39, 0.29) is 11.8 Å². The van der Waals surface area contributed by atoms with Gasteiger partial charge in [-0.05, 0) is 35.6 Å². The van der Waals surface area contributed by atoms with Gasteiger partial charge in [0.2, 0.25) is 5.91 Å². The Labute approximate surface area is 148 Å². The summed E-state index contributed by atoms with van der Waals surface area (Å²) in [7, 11) is 0. The number of piperazine rings is 1. The predicted molar refractivity (Wildman–Crippen MR) is 98.5 cm³/mol. The van der Waals surface area contributed by atoms with Crippen LogP contribution < -0.4 is 5.32 Å². The second kappa shape index (κ2) is 7.09. The predicted octanol–water partition coefficient (Wildman–Crippen LogP) is 3.43. The fourth-order valence-electron chi connectivity index (χ4n) is 3.25. The molecule has 3 rings (SSSR count). The molecule has 0 spiro atoms. The van der Waals surface area contributed by atoms with Crippen molar-refractivity contribution in [1.82, 2.24) is 10.2 Å². The molecule has 1 aliphatic rings. The summed E-state index contributed by atoms with van der Waals surface area (Å²) in [6, 6.07) is 14.9. The van der Waals surface area contributed by atoms with Gasteiger partial charge in [0.15, 0.2) is 0 Å². The molecule has 0 saturated carbocycles. The molecular weight excluding hydrogens is 312 g/mol. The first kappa shape index (κ1) is 17.2. The van der Waals surface area contributed by atoms with E-state index >= 15 is 0 Å². The van der Waals surface area contributed by atoms with E-state index in [0.717, 1.165) is 11.1 Å². The van der Waals surface area contributed by atoms with Gasteiger partial charge in [0.1, 0.15) is 6.04 Å². The number of carbonyl (C=O) groups excluding carboxylic acids is 2. The van der Waals surface area contributed by atoms with Crippen LogP contribution in [0.1, 0.15) is 52.9 Å². The molecule has 1 fully saturated rings. The highest BCUT2D eigenvalue weighted by Gasteiger charge is 2.35. The highest BCUT2D eigenvalue weighted by Crippen LogP contribution is 2.27. The molecule has 1 atom stereocenters. The summed E-state index contributed by atoms with van der Waals surface area (Å²) in [5.74, 6) is 0.218. The first-order chi connectivity index (χ1) is 12.0. The van der Waals surface area contributed by atoms with Crippen molar-refractivity contribution < 1.29 is 9.59 Å². The van der Waals surface area contributed by atoms with Crippen LogP contribution in [0.15, 0.2) is 48.5 Å². The minimum atomic E-state index is -0.581. The van der Waals surface area contributed by atoms with E-state index in [9.17, 15) is 9.59 Å². The average Bonchev–Trinajstić information content (AvgIpc) is 2.61. The number of nitrogens with one attached hydrogen (secondary N) is 1. The van der Waals surface area contributed by atoms with Gasteiger partial charge in [0.25, 0.3) is 5.91 Å². The number of carbonyl (C=O) groups is 2. The van der Waals surface area contributed by atoms with Gasteiger partial charge in [-0.15, -0.1) is 0 Å². The molecule has 2 aromatic carbocycles. The maximum atomic E-state index is 13.1. The van der Waals surface area contributed by atoms with Crippen molar-refractivity contribution in [2.75, 3.05) is 13.1 Å². The lowest BCUT2D eigenvalue weighted by Gasteiger charge is -2.35. The standard InChI is InChI=1S/C21H24N2O2/c1-14(2)16-8-10-17(11-9-16)19-20(24)22-12-13-23(19)21(25)18-7-5-4-6-15(18)3/h4-11,14,19H,12-13H2,1-3H3,(H,22,24). The Morgan fingerprint density at radius 1 is 1.12 bits per heavy atom. The smallest absolute Gasteiger partial charge is 0.255 e. The molecular formula is C21H24N2O2. The summed E-state index contributed by atoms with van der Waals surface area (Å²) in [4.78, 5) is 27.3. The number of hydrogen-bond donors (Lipinski definition) is 1. The molecule has 1 aliphatic heterocycles. The molecule has 25 heavy (non-hydrogen) atoms. The van der Waals surface area contributed by atoms with Crippen molar-refractivity contribution in [3.05, 3.63) is 70.8 Å². The molecule has 4 nitrogen and oxygen atoms in total. The quantitative estimate of drug-likeness (QED) is 0.933. The molecule has 1 saturated heterocycles. The van der Waals surface area contributed by atoms with Crippen molar-refractivity contribution in [1.29, 1.82) is 0 Å². The van der Waals surface area contributed by atoms with E-state index in [0.29, 0.717) is 24.6 Å². The second-order valence-electron chi connectivity index (χ2n) is 6.83. The van der Waals surface area contributed by atoms with Gasteiger partial charge in [0.05, 0.1) is 0 Å². The van der Waals surface area contributed by atoms with Gasteiger partial charge in [-0.3, -0.25) is 9.59 Å². The van der Waals surface area contributed by atoms with E-state index in [1.54, 1.807) is 4.90 Å². The van der Waals surface area contributed by atoms with Gasteiger partial charge in [0, 0.05) is 18.7 Å². The summed E-state index contributed by atoms with van der Waals surface area (Å²) < 4.78 is 0. The lowest BCUT2D eigenvalue weighted by Crippen LogP contribution is -2.52. The highest BCUT2D eigenvalue weighted by molar-refractivity contribution is 5.99. The molecule has 4 heteroatoms. The summed E-state index contributed by atoms with van der Waals surface area (Å²) >= 11 is 0. The SMILES string of the molecule is Cc1ccccc1C(=O)N1CCNC(=O)C1c1ccc(C(C)C)cc1. The largest absolute Gasteiger partial charge is 0.352 e. The third-order valence-electron chi connectivity index (χ3n) is 4.77. The Bertz CT molecular complexity index is 781. The number of nitrogens with zero attached hydrogens (tertiary/aromatic N) is 1. The van der Waals surface area contributed by atoms with Crippen LogP contribution >= 0.6 is 0 Å². The molecule has 1 N–H and O–H groups in total. The molecule has 1 unspecified atom stereocenters. The van der Waals surface area contributed by atoms with E-state index in [2.05, 4.69) is 19.2 Å². The zero-order valence-corrected chi connectivity index (χ0v) is 15.0. The van der Waals surface area contributed by atoms with Crippen LogP contribution in [-0.4, -0.2) is 29.8 Å². The first-order valence-corrected chi connectivity index (χ1v) is 8.73. The lowest BCUT2D eigenvalue weighted by atomic mass is 9.96. The molecule has 0 aromatic heterocycles. The van der Waals surface area contributed by atoms with Crippen molar-refractivity contribution in [3.8, 4) is 0 Å². The van der Waals surface area contributed by atoms with Gasteiger partial charge >= 0.3 is 0 Å². The molecule has 2 amide bonds. The summed E-state index contributed by atoms with van der Waals surface area (Å²) in [5.41, 5.74) is 3.65. The fraction of sp³-hybridized carbons (Fsp3) is 0.333. The second-order valence-corrected chi connectivity index (χ2v) is 6.83. The third-order valence-corrected chi connectivity index (χ3v) is 4.77. The van der Waals surface area contributed by atoms with Crippen LogP contribution in [0, 0.1) is 6.92 Å². The van der Waals surface area contributed by atoms with Gasteiger partial charge in [-0.2, -0.15) is 0 Å². The Kier molecular flexibility index (Phi) is 4.88. The number of benzene rings is 2. The van der Waals surface area contributed by atoms with Crippen molar-refractivity contribution in [2.45, 2.75) is 32.7 Å². The Morgan fingerprint density at radius 3 is 2.44 bits per heavy atom. The lowest BCUT2D eigenvalue weighted by molar-refractivity contribution is -0.128. The topological polar surface area (TPSA) is 49.4 Å². The minimum Gasteiger partial charge on any atom is -0.352 e. The first-order valence-electron chi connectivity index (χ1n) is 8.73. The van der Waals surface area contributed by atoms with Crippen LogP contribution in [-0.2, 0) is 4.79 Å². The number of hydrogen-bond acceptors (Lipinski definition) is 2. The zero-order chi connectivity index (χ0) is 18.0. The molecule has 0 radical (unpaired) electrons. The highest BCUT2D eigenvalue weighted by atomic mass is 16.2. The monoisotopic (exact) mass is 336 g/mol. The zero-order valence-electron chi connectivity index (χ0n) is 15.0. The Hall–Kier alpha value is -2.62. The van der Waals surface area contributed by atoms with Crippen molar-refractivity contribution >= 4 is 11.8 Å². The summed E-state index contributed by atoms with van der Waals surface area (Å²) in [5, 5.41) is 2.89. The third kappa shape index (κ3) is 3.43. The number of aryl methyl sites for hydroxylation is 1. The normalized spacial score (nSPS) is 17.5. The van der Waals surface area contributed by atoms with Crippen LogP contribution in [0.5, 0.6) is 0 Å². The summed E-state index contributed by atoms with van der Waals surface area (Å²) in [6.45, 7) is 7.18. The van der Waals surface area contributed by atoms with E-state index < -0.39 is 6.04 Å². The maximum absolute atomic E-state index is 13.1. The average molecular weight is 336 g/mol. The van der Waals surface area contributed by atoms with Gasteiger partial charge in [-0.1, -0.05) is 56.3 Å². The Morgan fingerprint density at radius 2 is 1.80 bits per heavy atom. The molecule has 130 valence electrons. The van der Waals surface area contributed by atoms with Crippen LogP contribution in [0.2, 0.25) is 0 Å². The fourth-order valence-corrected chi connectivity index (χ4v) is 3.25. The Balaban J connectivity index is 1.95. The van der Waals surface area contributed by atoms with Crippen molar-refractivity contribution in [3.63, 3.8) is 0 Å². The van der Waals surface area contributed by atoms with E-state index in [1.165, 1.54) is 5.56 Å². The minimum absolute atomic E-state index is 0.0918. The van der Waals surface area contributed by atoms with E-state index in [1.807, 2.05) is 55.5 Å². The molecule has 0 aliphatic carbocycles. The van der Waals surface area contributed by atoms with E-state index in [4.69, 9.17) is 0 Å². The maximum Gasteiger partial charge on any atom is 0.255 e. The van der Waals surface area contributed by atoms with Crippen LogP contribution in [0.4, 0.5) is 0 Å².